The van der Waals surface area contributed by atoms with Gasteiger partial charge in [-0.05, 0) is 25.7 Å². The Morgan fingerprint density at radius 3 is 2.33 bits per heavy atom. The Morgan fingerprint density at radius 1 is 1.24 bits per heavy atom. The van der Waals surface area contributed by atoms with E-state index in [1.807, 2.05) is 0 Å². The highest BCUT2D eigenvalue weighted by atomic mass is 16.2. The third-order valence-corrected chi connectivity index (χ3v) is 4.73. The standard InChI is InChI=1S/C15H28N4O2/c1-18(2)13(20)11-19-9-5-12(6-10-19)17-14(21)15(16)7-3-4-8-15/h12H,3-11,16H2,1-2H3,(H,17,21). The van der Waals surface area contributed by atoms with Crippen LogP contribution >= 0.6 is 0 Å². The molecule has 6 heteroatoms. The topological polar surface area (TPSA) is 78.7 Å². The van der Waals surface area contributed by atoms with Crippen LogP contribution in [0.1, 0.15) is 38.5 Å². The summed E-state index contributed by atoms with van der Waals surface area (Å²) < 4.78 is 0. The van der Waals surface area contributed by atoms with Gasteiger partial charge in [0.05, 0.1) is 12.1 Å². The van der Waals surface area contributed by atoms with Crippen LogP contribution in [0.5, 0.6) is 0 Å². The smallest absolute Gasteiger partial charge is 0.240 e. The zero-order valence-electron chi connectivity index (χ0n) is 13.2. The average molecular weight is 296 g/mol. The lowest BCUT2D eigenvalue weighted by molar-refractivity contribution is -0.131. The van der Waals surface area contributed by atoms with E-state index in [1.165, 1.54) is 0 Å². The van der Waals surface area contributed by atoms with Crippen molar-refractivity contribution >= 4 is 11.8 Å². The Morgan fingerprint density at radius 2 is 1.81 bits per heavy atom. The molecule has 21 heavy (non-hydrogen) atoms. The summed E-state index contributed by atoms with van der Waals surface area (Å²) in [6, 6.07) is 0.198. The van der Waals surface area contributed by atoms with Crippen molar-refractivity contribution in [2.45, 2.75) is 50.1 Å². The molecule has 0 bridgehead atoms. The van der Waals surface area contributed by atoms with Crippen LogP contribution in [-0.4, -0.2) is 66.9 Å². The van der Waals surface area contributed by atoms with Gasteiger partial charge in [0.2, 0.25) is 11.8 Å². The van der Waals surface area contributed by atoms with Crippen molar-refractivity contribution in [1.82, 2.24) is 15.1 Å². The Hall–Kier alpha value is -1.14. The highest BCUT2D eigenvalue weighted by Gasteiger charge is 2.38. The maximum absolute atomic E-state index is 12.3. The molecule has 0 aromatic rings. The molecule has 2 aliphatic rings. The molecule has 0 atom stereocenters. The van der Waals surface area contributed by atoms with Crippen LogP contribution in [0.25, 0.3) is 0 Å². The largest absolute Gasteiger partial charge is 0.352 e. The van der Waals surface area contributed by atoms with E-state index in [1.54, 1.807) is 19.0 Å². The summed E-state index contributed by atoms with van der Waals surface area (Å²) in [4.78, 5) is 27.7. The minimum atomic E-state index is -0.641. The summed E-state index contributed by atoms with van der Waals surface area (Å²) in [6.07, 6.45) is 5.49. The summed E-state index contributed by atoms with van der Waals surface area (Å²) >= 11 is 0. The van der Waals surface area contributed by atoms with Gasteiger partial charge in [-0.15, -0.1) is 0 Å². The monoisotopic (exact) mass is 296 g/mol. The number of carbonyl (C=O) groups is 2. The van der Waals surface area contributed by atoms with Crippen molar-refractivity contribution in [1.29, 1.82) is 0 Å². The van der Waals surface area contributed by atoms with E-state index >= 15 is 0 Å². The Balaban J connectivity index is 1.74. The van der Waals surface area contributed by atoms with E-state index in [9.17, 15) is 9.59 Å². The first-order valence-electron chi connectivity index (χ1n) is 7.93. The number of nitrogens with one attached hydrogen (secondary N) is 1. The minimum absolute atomic E-state index is 0.0165. The number of amides is 2. The van der Waals surface area contributed by atoms with Crippen LogP contribution < -0.4 is 11.1 Å². The zero-order chi connectivity index (χ0) is 15.5. The number of nitrogens with zero attached hydrogens (tertiary/aromatic N) is 2. The first-order valence-corrected chi connectivity index (χ1v) is 7.93. The van der Waals surface area contributed by atoms with E-state index in [-0.39, 0.29) is 17.9 Å². The van der Waals surface area contributed by atoms with Gasteiger partial charge >= 0.3 is 0 Å². The Labute approximate surface area is 127 Å². The number of piperidine rings is 1. The summed E-state index contributed by atoms with van der Waals surface area (Å²) in [5, 5.41) is 3.11. The lowest BCUT2D eigenvalue weighted by atomic mass is 9.96. The normalized spacial score (nSPS) is 23.0. The van der Waals surface area contributed by atoms with Crippen molar-refractivity contribution in [3.05, 3.63) is 0 Å². The lowest BCUT2D eigenvalue weighted by Gasteiger charge is -2.34. The molecule has 120 valence electrons. The third kappa shape index (κ3) is 4.17. The Bertz CT molecular complexity index is 383. The van der Waals surface area contributed by atoms with Crippen molar-refractivity contribution < 1.29 is 9.59 Å². The number of nitrogens with two attached hydrogens (primary N) is 1. The summed E-state index contributed by atoms with van der Waals surface area (Å²) in [6.45, 7) is 2.17. The zero-order valence-corrected chi connectivity index (χ0v) is 13.2. The SMILES string of the molecule is CN(C)C(=O)CN1CCC(NC(=O)C2(N)CCCC2)CC1. The molecule has 0 unspecified atom stereocenters. The molecule has 6 nitrogen and oxygen atoms in total. The lowest BCUT2D eigenvalue weighted by Crippen LogP contribution is -2.56. The number of likely N-dealkylation sites (tertiary alicyclic amines) is 1. The van der Waals surface area contributed by atoms with E-state index in [4.69, 9.17) is 5.73 Å². The molecular weight excluding hydrogens is 268 g/mol. The second kappa shape index (κ2) is 6.75. The van der Waals surface area contributed by atoms with Crippen molar-refractivity contribution in [2.75, 3.05) is 33.7 Å². The molecule has 1 heterocycles. The molecule has 0 aromatic heterocycles. The summed E-state index contributed by atoms with van der Waals surface area (Å²) in [5.41, 5.74) is 5.53. The van der Waals surface area contributed by atoms with Crippen LogP contribution in [-0.2, 0) is 9.59 Å². The van der Waals surface area contributed by atoms with Crippen LogP contribution in [0.4, 0.5) is 0 Å². The van der Waals surface area contributed by atoms with Crippen molar-refractivity contribution in [2.24, 2.45) is 5.73 Å². The molecule has 1 saturated carbocycles. The Kier molecular flexibility index (Phi) is 5.22. The molecule has 1 aliphatic carbocycles. The van der Waals surface area contributed by atoms with Gasteiger partial charge in [0, 0.05) is 33.2 Å². The predicted molar refractivity (Wildman–Crippen MR) is 81.7 cm³/mol. The van der Waals surface area contributed by atoms with E-state index < -0.39 is 5.54 Å². The average Bonchev–Trinajstić information content (AvgIpc) is 2.89. The molecule has 0 aromatic carbocycles. The molecule has 0 spiro atoms. The first-order chi connectivity index (χ1) is 9.90. The van der Waals surface area contributed by atoms with E-state index in [2.05, 4.69) is 10.2 Å². The van der Waals surface area contributed by atoms with E-state index in [0.717, 1.165) is 51.6 Å². The van der Waals surface area contributed by atoms with Crippen LogP contribution in [0.3, 0.4) is 0 Å². The fourth-order valence-electron chi connectivity index (χ4n) is 3.13. The highest BCUT2D eigenvalue weighted by Crippen LogP contribution is 2.27. The van der Waals surface area contributed by atoms with Crippen molar-refractivity contribution in [3.8, 4) is 0 Å². The van der Waals surface area contributed by atoms with Gasteiger partial charge in [-0.25, -0.2) is 0 Å². The summed E-state index contributed by atoms with van der Waals surface area (Å²) in [7, 11) is 3.55. The second-order valence-electron chi connectivity index (χ2n) is 6.68. The van der Waals surface area contributed by atoms with Crippen LogP contribution in [0.15, 0.2) is 0 Å². The minimum Gasteiger partial charge on any atom is -0.352 e. The van der Waals surface area contributed by atoms with E-state index in [0.29, 0.717) is 6.54 Å². The van der Waals surface area contributed by atoms with Gasteiger partial charge in [0.25, 0.3) is 0 Å². The van der Waals surface area contributed by atoms with Gasteiger partial charge in [-0.1, -0.05) is 12.8 Å². The highest BCUT2D eigenvalue weighted by molar-refractivity contribution is 5.86. The number of carbonyl (C=O) groups excluding carboxylic acids is 2. The number of likely N-dealkylation sites (N-methyl/N-ethyl adjacent to an activating group) is 1. The predicted octanol–water partition coefficient (Wildman–Crippen LogP) is -0.0733. The summed E-state index contributed by atoms with van der Waals surface area (Å²) in [5.74, 6) is 0.146. The maximum Gasteiger partial charge on any atom is 0.240 e. The molecule has 1 aliphatic heterocycles. The first kappa shape index (κ1) is 16.2. The van der Waals surface area contributed by atoms with Gasteiger partial charge in [0.15, 0.2) is 0 Å². The van der Waals surface area contributed by atoms with Crippen LogP contribution in [0, 0.1) is 0 Å². The molecule has 2 amide bonds. The molecular formula is C15H28N4O2. The number of hydrogen-bond donors (Lipinski definition) is 2. The fraction of sp³-hybridized carbons (Fsp3) is 0.867. The maximum atomic E-state index is 12.3. The molecule has 2 fully saturated rings. The second-order valence-corrected chi connectivity index (χ2v) is 6.68. The molecule has 2 rings (SSSR count). The third-order valence-electron chi connectivity index (χ3n) is 4.73. The fourth-order valence-corrected chi connectivity index (χ4v) is 3.13. The number of hydrogen-bond acceptors (Lipinski definition) is 4. The molecule has 0 radical (unpaired) electrons. The van der Waals surface area contributed by atoms with Gasteiger partial charge < -0.3 is 16.0 Å². The van der Waals surface area contributed by atoms with Crippen molar-refractivity contribution in [3.63, 3.8) is 0 Å². The van der Waals surface area contributed by atoms with Gasteiger partial charge in [-0.3, -0.25) is 14.5 Å². The number of rotatable bonds is 4. The quantitative estimate of drug-likeness (QED) is 0.761. The molecule has 1 saturated heterocycles. The van der Waals surface area contributed by atoms with Gasteiger partial charge in [-0.2, -0.15) is 0 Å². The van der Waals surface area contributed by atoms with Gasteiger partial charge in [0.1, 0.15) is 0 Å². The van der Waals surface area contributed by atoms with Crippen LogP contribution in [0.2, 0.25) is 0 Å². The molecule has 3 N–H and O–H groups in total.